The minimum absolute atomic E-state index is 0.0801. The summed E-state index contributed by atoms with van der Waals surface area (Å²) in [4.78, 5) is 24.0. The van der Waals surface area contributed by atoms with Gasteiger partial charge < -0.3 is 14.8 Å². The Labute approximate surface area is 154 Å². The molecule has 0 unspecified atom stereocenters. The zero-order chi connectivity index (χ0) is 18.9. The molecule has 0 aliphatic carbocycles. The fourth-order valence-corrected chi connectivity index (χ4v) is 2.26. The molecule has 5 nitrogen and oxygen atoms in total. The molecule has 1 atom stereocenters. The first-order valence-corrected chi connectivity index (χ1v) is 8.76. The number of rotatable bonds is 8. The second kappa shape index (κ2) is 9.61. The Morgan fingerprint density at radius 1 is 1.04 bits per heavy atom. The average molecular weight is 355 g/mol. The van der Waals surface area contributed by atoms with E-state index >= 15 is 0 Å². The zero-order valence-electron chi connectivity index (χ0n) is 15.5. The Kier molecular flexibility index (Phi) is 7.21. The van der Waals surface area contributed by atoms with E-state index in [-0.39, 0.29) is 18.9 Å². The minimum Gasteiger partial charge on any atom is -0.493 e. The van der Waals surface area contributed by atoms with Crippen molar-refractivity contribution in [2.24, 2.45) is 0 Å². The number of benzene rings is 2. The van der Waals surface area contributed by atoms with E-state index < -0.39 is 12.1 Å². The van der Waals surface area contributed by atoms with Crippen LogP contribution in [0.5, 0.6) is 5.75 Å². The number of esters is 1. The lowest BCUT2D eigenvalue weighted by molar-refractivity contribution is -0.153. The molecule has 2 rings (SSSR count). The van der Waals surface area contributed by atoms with Gasteiger partial charge in [0, 0.05) is 5.69 Å². The lowest BCUT2D eigenvalue weighted by Crippen LogP contribution is -2.30. The number of carbonyl (C=O) groups excluding carboxylic acids is 2. The van der Waals surface area contributed by atoms with Crippen LogP contribution in [0.3, 0.4) is 0 Å². The summed E-state index contributed by atoms with van der Waals surface area (Å²) in [6.45, 7) is 5.81. The Morgan fingerprint density at radius 2 is 1.69 bits per heavy atom. The number of amides is 1. The maximum absolute atomic E-state index is 12.1. The van der Waals surface area contributed by atoms with Crippen molar-refractivity contribution in [3.05, 3.63) is 59.7 Å². The van der Waals surface area contributed by atoms with Gasteiger partial charge in [-0.1, -0.05) is 36.8 Å². The van der Waals surface area contributed by atoms with Crippen molar-refractivity contribution in [1.29, 1.82) is 0 Å². The summed E-state index contributed by atoms with van der Waals surface area (Å²) in [6.07, 6.45) is 0.150. The van der Waals surface area contributed by atoms with Crippen molar-refractivity contribution in [1.82, 2.24) is 0 Å². The highest BCUT2D eigenvalue weighted by atomic mass is 16.5. The van der Waals surface area contributed by atoms with Crippen LogP contribution in [-0.2, 0) is 20.7 Å². The molecule has 0 saturated heterocycles. The van der Waals surface area contributed by atoms with E-state index in [1.165, 1.54) is 5.56 Å². The predicted molar refractivity (Wildman–Crippen MR) is 101 cm³/mol. The molecule has 0 aliphatic heterocycles. The van der Waals surface area contributed by atoms with Crippen molar-refractivity contribution >= 4 is 17.6 Å². The van der Waals surface area contributed by atoms with Crippen molar-refractivity contribution < 1.29 is 19.1 Å². The fourth-order valence-electron chi connectivity index (χ4n) is 2.26. The predicted octanol–water partition coefficient (Wildman–Crippen LogP) is 3.90. The lowest BCUT2D eigenvalue weighted by atomic mass is 10.1. The first-order chi connectivity index (χ1) is 12.5. The number of ether oxygens (including phenoxy) is 2. The summed E-state index contributed by atoms with van der Waals surface area (Å²) in [5.74, 6) is -0.132. The lowest BCUT2D eigenvalue weighted by Gasteiger charge is -2.14. The fraction of sp³-hybridized carbons (Fsp3) is 0.333. The molecule has 0 saturated carbocycles. The topological polar surface area (TPSA) is 64.6 Å². The van der Waals surface area contributed by atoms with E-state index in [1.54, 1.807) is 6.92 Å². The third-order valence-electron chi connectivity index (χ3n) is 3.90. The molecule has 0 bridgehead atoms. The number of anilines is 1. The monoisotopic (exact) mass is 355 g/mol. The molecule has 0 fully saturated rings. The molecule has 2 aromatic carbocycles. The molecule has 0 aliphatic rings. The van der Waals surface area contributed by atoms with Crippen LogP contribution in [0.15, 0.2) is 48.5 Å². The van der Waals surface area contributed by atoms with Gasteiger partial charge in [-0.15, -0.1) is 0 Å². The molecule has 5 heteroatoms. The third-order valence-corrected chi connectivity index (χ3v) is 3.90. The molecule has 138 valence electrons. The molecular formula is C21H25NO4. The van der Waals surface area contributed by atoms with Gasteiger partial charge in [-0.2, -0.15) is 0 Å². The van der Waals surface area contributed by atoms with Gasteiger partial charge in [0.05, 0.1) is 13.0 Å². The summed E-state index contributed by atoms with van der Waals surface area (Å²) in [7, 11) is 0. The highest BCUT2D eigenvalue weighted by molar-refractivity contribution is 5.95. The summed E-state index contributed by atoms with van der Waals surface area (Å²) < 4.78 is 10.6. The van der Waals surface area contributed by atoms with Crippen LogP contribution < -0.4 is 10.1 Å². The zero-order valence-corrected chi connectivity index (χ0v) is 15.5. The average Bonchev–Trinajstić information content (AvgIpc) is 2.64. The van der Waals surface area contributed by atoms with Crippen molar-refractivity contribution in [2.45, 2.75) is 39.7 Å². The molecule has 26 heavy (non-hydrogen) atoms. The van der Waals surface area contributed by atoms with Gasteiger partial charge in [0.25, 0.3) is 5.91 Å². The van der Waals surface area contributed by atoms with Gasteiger partial charge in [0.1, 0.15) is 5.75 Å². The van der Waals surface area contributed by atoms with Crippen molar-refractivity contribution in [3.63, 3.8) is 0 Å². The first kappa shape index (κ1) is 19.5. The molecule has 2 aromatic rings. The van der Waals surface area contributed by atoms with Gasteiger partial charge >= 0.3 is 5.97 Å². The first-order valence-electron chi connectivity index (χ1n) is 8.76. The van der Waals surface area contributed by atoms with E-state index in [0.29, 0.717) is 11.4 Å². The summed E-state index contributed by atoms with van der Waals surface area (Å²) in [5, 5.41) is 2.74. The quantitative estimate of drug-likeness (QED) is 0.730. The van der Waals surface area contributed by atoms with Gasteiger partial charge in [-0.25, -0.2) is 0 Å². The SMILES string of the molecule is CCc1ccc(NC(=O)[C@H](C)OC(=O)CCOc2ccc(C)cc2)cc1. The largest absolute Gasteiger partial charge is 0.493 e. The highest BCUT2D eigenvalue weighted by Gasteiger charge is 2.18. The Balaban J connectivity index is 1.72. The molecular weight excluding hydrogens is 330 g/mol. The number of aryl methyl sites for hydroxylation is 2. The van der Waals surface area contributed by atoms with Crippen LogP contribution in [0.1, 0.15) is 31.4 Å². The molecule has 0 heterocycles. The Morgan fingerprint density at radius 3 is 2.31 bits per heavy atom. The van der Waals surface area contributed by atoms with E-state index in [4.69, 9.17) is 9.47 Å². The van der Waals surface area contributed by atoms with E-state index in [0.717, 1.165) is 12.0 Å². The van der Waals surface area contributed by atoms with Crippen LogP contribution in [0.2, 0.25) is 0 Å². The van der Waals surface area contributed by atoms with E-state index in [9.17, 15) is 9.59 Å². The van der Waals surface area contributed by atoms with Crippen LogP contribution >= 0.6 is 0 Å². The van der Waals surface area contributed by atoms with Crippen LogP contribution in [-0.4, -0.2) is 24.6 Å². The van der Waals surface area contributed by atoms with Crippen LogP contribution in [0, 0.1) is 6.92 Å². The van der Waals surface area contributed by atoms with Crippen molar-refractivity contribution in [3.8, 4) is 5.75 Å². The normalized spacial score (nSPS) is 11.5. The standard InChI is InChI=1S/C21H25NO4/c1-4-17-7-9-18(10-8-17)22-21(24)16(3)26-20(23)13-14-25-19-11-5-15(2)6-12-19/h5-12,16H,4,13-14H2,1-3H3,(H,22,24)/t16-/m0/s1. The third kappa shape index (κ3) is 6.24. The number of carbonyl (C=O) groups is 2. The molecule has 1 amide bonds. The minimum atomic E-state index is -0.868. The molecule has 0 aromatic heterocycles. The van der Waals surface area contributed by atoms with Crippen LogP contribution in [0.4, 0.5) is 5.69 Å². The van der Waals surface area contributed by atoms with Gasteiger partial charge in [-0.05, 0) is 50.1 Å². The molecule has 1 N–H and O–H groups in total. The molecule has 0 radical (unpaired) electrons. The summed E-state index contributed by atoms with van der Waals surface area (Å²) >= 11 is 0. The summed E-state index contributed by atoms with van der Waals surface area (Å²) in [5.41, 5.74) is 3.01. The number of hydrogen-bond donors (Lipinski definition) is 1. The number of nitrogens with one attached hydrogen (secondary N) is 1. The highest BCUT2D eigenvalue weighted by Crippen LogP contribution is 2.13. The van der Waals surface area contributed by atoms with Gasteiger partial charge in [0.2, 0.25) is 0 Å². The molecule has 0 spiro atoms. The van der Waals surface area contributed by atoms with Gasteiger partial charge in [-0.3, -0.25) is 9.59 Å². The second-order valence-electron chi connectivity index (χ2n) is 6.08. The second-order valence-corrected chi connectivity index (χ2v) is 6.08. The van der Waals surface area contributed by atoms with E-state index in [1.807, 2.05) is 55.5 Å². The number of hydrogen-bond acceptors (Lipinski definition) is 4. The maximum Gasteiger partial charge on any atom is 0.310 e. The Bertz CT molecular complexity index is 723. The van der Waals surface area contributed by atoms with Crippen molar-refractivity contribution in [2.75, 3.05) is 11.9 Å². The van der Waals surface area contributed by atoms with Crippen LogP contribution in [0.25, 0.3) is 0 Å². The van der Waals surface area contributed by atoms with Gasteiger partial charge in [0.15, 0.2) is 6.10 Å². The van der Waals surface area contributed by atoms with E-state index in [2.05, 4.69) is 12.2 Å². The Hall–Kier alpha value is -2.82. The maximum atomic E-state index is 12.1. The smallest absolute Gasteiger partial charge is 0.310 e. The summed E-state index contributed by atoms with van der Waals surface area (Å²) in [6, 6.07) is 15.1.